The minimum Gasteiger partial charge on any atom is -0.388 e. The van der Waals surface area contributed by atoms with E-state index in [0.29, 0.717) is 11.4 Å². The van der Waals surface area contributed by atoms with E-state index in [1.165, 1.54) is 9.79 Å². The summed E-state index contributed by atoms with van der Waals surface area (Å²) in [6, 6.07) is 27.9. The molecule has 3 rings (SSSR count). The molecule has 0 aliphatic heterocycles. The van der Waals surface area contributed by atoms with Crippen molar-refractivity contribution in [2.45, 2.75) is 22.3 Å². The van der Waals surface area contributed by atoms with Crippen LogP contribution in [0.5, 0.6) is 0 Å². The summed E-state index contributed by atoms with van der Waals surface area (Å²) in [7, 11) is 0. The minimum atomic E-state index is -0.573. The Balaban J connectivity index is 1.76. The van der Waals surface area contributed by atoms with Crippen LogP contribution in [0.4, 0.5) is 0 Å². The molecule has 0 heterocycles. The molecule has 0 aromatic heterocycles. The fraction of sp³-hybridized carbons (Fsp3) is 0.0909. The van der Waals surface area contributed by atoms with Gasteiger partial charge in [-0.1, -0.05) is 89.7 Å². The maximum atomic E-state index is 10.5. The van der Waals surface area contributed by atoms with Crippen LogP contribution >= 0.6 is 35.1 Å². The highest BCUT2D eigenvalue weighted by Gasteiger charge is 2.09. The summed E-state index contributed by atoms with van der Waals surface area (Å²) < 4.78 is 1.14. The van der Waals surface area contributed by atoms with Gasteiger partial charge in [-0.3, -0.25) is 0 Å². The lowest BCUT2D eigenvalue weighted by Gasteiger charge is -2.11. The number of hydrogen-bond donors (Lipinski definition) is 1. The molecule has 0 saturated carbocycles. The Morgan fingerprint density at radius 2 is 1.42 bits per heavy atom. The molecule has 1 N–H and O–H groups in total. The molecule has 3 aromatic carbocycles. The van der Waals surface area contributed by atoms with Crippen LogP contribution in [0.25, 0.3) is 0 Å². The first-order valence-electron chi connectivity index (χ1n) is 8.30. The highest BCUT2D eigenvalue weighted by Crippen LogP contribution is 2.40. The van der Waals surface area contributed by atoms with Crippen molar-refractivity contribution in [3.8, 4) is 0 Å². The normalized spacial score (nSPS) is 11.8. The van der Waals surface area contributed by atoms with Gasteiger partial charge in [0.1, 0.15) is 0 Å². The molecule has 0 aliphatic carbocycles. The van der Waals surface area contributed by atoms with Gasteiger partial charge in [0.25, 0.3) is 0 Å². The second kappa shape index (κ2) is 9.89. The van der Waals surface area contributed by atoms with Crippen molar-refractivity contribution in [2.24, 2.45) is 0 Å². The molecule has 0 unspecified atom stereocenters. The molecular formula is C22H19ClOS2. The van der Waals surface area contributed by atoms with Gasteiger partial charge >= 0.3 is 0 Å². The van der Waals surface area contributed by atoms with E-state index in [1.54, 1.807) is 23.5 Å². The van der Waals surface area contributed by atoms with Crippen LogP contribution in [0.3, 0.4) is 0 Å². The third kappa shape index (κ3) is 5.96. The lowest BCUT2D eigenvalue weighted by Crippen LogP contribution is -1.95. The Bertz CT molecular complexity index is 807. The van der Waals surface area contributed by atoms with Crippen LogP contribution in [-0.4, -0.2) is 5.11 Å². The molecule has 1 atom stereocenters. The standard InChI is InChI=1S/C22H19ClOS2/c23-18-9-7-8-17(16-18)21(24)14-15-22(25-19-10-3-1-4-11-19)26-20-12-5-2-6-13-20/h1-13,15-16,21,24H,14H2/t21-/m1/s1. The summed E-state index contributed by atoms with van der Waals surface area (Å²) in [6.07, 6.45) is 2.06. The zero-order chi connectivity index (χ0) is 18.2. The first-order chi connectivity index (χ1) is 12.7. The van der Waals surface area contributed by atoms with E-state index >= 15 is 0 Å². The van der Waals surface area contributed by atoms with Crippen molar-refractivity contribution in [1.82, 2.24) is 0 Å². The molecule has 0 bridgehead atoms. The average Bonchev–Trinajstić information content (AvgIpc) is 2.67. The van der Waals surface area contributed by atoms with Gasteiger partial charge in [-0.15, -0.1) is 0 Å². The molecule has 0 fully saturated rings. The van der Waals surface area contributed by atoms with Gasteiger partial charge in [0.2, 0.25) is 0 Å². The quantitative estimate of drug-likeness (QED) is 0.425. The number of rotatable bonds is 7. The van der Waals surface area contributed by atoms with Gasteiger partial charge < -0.3 is 5.11 Å². The van der Waals surface area contributed by atoms with Crippen molar-refractivity contribution >= 4 is 35.1 Å². The second-order valence-electron chi connectivity index (χ2n) is 5.66. The van der Waals surface area contributed by atoms with E-state index in [2.05, 4.69) is 30.3 Å². The first-order valence-corrected chi connectivity index (χ1v) is 10.3. The van der Waals surface area contributed by atoms with E-state index in [9.17, 15) is 5.11 Å². The first kappa shape index (κ1) is 19.1. The maximum absolute atomic E-state index is 10.5. The summed E-state index contributed by atoms with van der Waals surface area (Å²) in [4.78, 5) is 2.36. The zero-order valence-corrected chi connectivity index (χ0v) is 16.5. The van der Waals surface area contributed by atoms with Crippen LogP contribution in [0, 0.1) is 0 Å². The Kier molecular flexibility index (Phi) is 7.27. The maximum Gasteiger partial charge on any atom is 0.0825 e. The van der Waals surface area contributed by atoms with Crippen LogP contribution in [0.2, 0.25) is 5.02 Å². The summed E-state index contributed by atoms with van der Waals surface area (Å²) >= 11 is 9.45. The summed E-state index contributed by atoms with van der Waals surface area (Å²) in [6.45, 7) is 0. The number of halogens is 1. The predicted octanol–water partition coefficient (Wildman–Crippen LogP) is 7.19. The number of aliphatic hydroxyl groups is 1. The fourth-order valence-electron chi connectivity index (χ4n) is 2.37. The lowest BCUT2D eigenvalue weighted by molar-refractivity contribution is 0.181. The van der Waals surface area contributed by atoms with Crippen LogP contribution in [0.1, 0.15) is 18.1 Å². The Morgan fingerprint density at radius 1 is 0.846 bits per heavy atom. The monoisotopic (exact) mass is 398 g/mol. The highest BCUT2D eigenvalue weighted by atomic mass is 35.5. The lowest BCUT2D eigenvalue weighted by atomic mass is 10.1. The van der Waals surface area contributed by atoms with Crippen LogP contribution < -0.4 is 0 Å². The molecule has 132 valence electrons. The number of aliphatic hydroxyl groups excluding tert-OH is 1. The van der Waals surface area contributed by atoms with Gasteiger partial charge in [0, 0.05) is 19.1 Å². The van der Waals surface area contributed by atoms with E-state index in [4.69, 9.17) is 11.6 Å². The molecule has 26 heavy (non-hydrogen) atoms. The third-order valence-corrected chi connectivity index (χ3v) is 6.15. The van der Waals surface area contributed by atoms with E-state index < -0.39 is 6.10 Å². The van der Waals surface area contributed by atoms with Crippen molar-refractivity contribution in [1.29, 1.82) is 0 Å². The second-order valence-corrected chi connectivity index (χ2v) is 8.59. The number of thioether (sulfide) groups is 2. The van der Waals surface area contributed by atoms with Crippen LogP contribution in [0.15, 0.2) is 105 Å². The zero-order valence-electron chi connectivity index (χ0n) is 14.1. The summed E-state index contributed by atoms with van der Waals surface area (Å²) in [5.41, 5.74) is 0.836. The molecule has 0 saturated heterocycles. The third-order valence-electron chi connectivity index (χ3n) is 3.66. The van der Waals surface area contributed by atoms with Gasteiger partial charge in [0.15, 0.2) is 0 Å². The highest BCUT2D eigenvalue weighted by molar-refractivity contribution is 8.22. The molecule has 3 aromatic rings. The van der Waals surface area contributed by atoms with Gasteiger partial charge in [-0.05, 0) is 48.4 Å². The Morgan fingerprint density at radius 3 is 1.96 bits per heavy atom. The van der Waals surface area contributed by atoms with Gasteiger partial charge in [0.05, 0.1) is 6.10 Å². The Labute approximate surface area is 168 Å². The Hall–Kier alpha value is -1.65. The van der Waals surface area contributed by atoms with Crippen molar-refractivity contribution in [3.63, 3.8) is 0 Å². The molecule has 0 aliphatic rings. The van der Waals surface area contributed by atoms with Crippen molar-refractivity contribution < 1.29 is 5.11 Å². The largest absolute Gasteiger partial charge is 0.388 e. The van der Waals surface area contributed by atoms with E-state index in [1.807, 2.05) is 60.7 Å². The molecule has 0 spiro atoms. The van der Waals surface area contributed by atoms with Crippen molar-refractivity contribution in [3.05, 3.63) is 106 Å². The molecule has 0 radical (unpaired) electrons. The average molecular weight is 399 g/mol. The smallest absolute Gasteiger partial charge is 0.0825 e. The number of benzene rings is 3. The van der Waals surface area contributed by atoms with E-state index in [0.717, 1.165) is 9.80 Å². The van der Waals surface area contributed by atoms with Gasteiger partial charge in [-0.25, -0.2) is 0 Å². The summed E-state index contributed by atoms with van der Waals surface area (Å²) in [5, 5.41) is 11.1. The predicted molar refractivity (Wildman–Crippen MR) is 114 cm³/mol. The van der Waals surface area contributed by atoms with Gasteiger partial charge in [-0.2, -0.15) is 0 Å². The SMILES string of the molecule is O[C@H](CC=C(Sc1ccccc1)Sc1ccccc1)c1cccc(Cl)c1. The molecule has 0 amide bonds. The molecular weight excluding hydrogens is 380 g/mol. The van der Waals surface area contributed by atoms with Crippen LogP contribution in [-0.2, 0) is 0 Å². The topological polar surface area (TPSA) is 20.2 Å². The minimum absolute atomic E-state index is 0.537. The number of hydrogen-bond acceptors (Lipinski definition) is 3. The molecule has 1 nitrogen and oxygen atoms in total. The summed E-state index contributed by atoms with van der Waals surface area (Å²) in [5.74, 6) is 0. The fourth-order valence-corrected chi connectivity index (χ4v) is 4.72. The van der Waals surface area contributed by atoms with Crippen molar-refractivity contribution in [2.75, 3.05) is 0 Å². The molecule has 4 heteroatoms. The van der Waals surface area contributed by atoms with E-state index in [-0.39, 0.29) is 0 Å².